The van der Waals surface area contributed by atoms with Gasteiger partial charge in [-0.15, -0.1) is 11.3 Å². The van der Waals surface area contributed by atoms with Crippen LogP contribution in [0.25, 0.3) is 11.3 Å². The molecule has 5 nitrogen and oxygen atoms in total. The highest BCUT2D eigenvalue weighted by Crippen LogP contribution is 2.31. The normalized spacial score (nSPS) is 11.4. The Morgan fingerprint density at radius 3 is 2.65 bits per heavy atom. The van der Waals surface area contributed by atoms with E-state index in [4.69, 9.17) is 27.9 Å². The first-order chi connectivity index (χ1) is 12.3. The summed E-state index contributed by atoms with van der Waals surface area (Å²) >= 11 is 12.8. The van der Waals surface area contributed by atoms with E-state index in [9.17, 15) is 12.8 Å². The Morgan fingerprint density at radius 1 is 1.19 bits per heavy atom. The molecule has 26 heavy (non-hydrogen) atoms. The van der Waals surface area contributed by atoms with E-state index in [-0.39, 0.29) is 25.8 Å². The molecule has 0 radical (unpaired) electrons. The molecule has 3 rings (SSSR count). The van der Waals surface area contributed by atoms with E-state index in [1.807, 2.05) is 0 Å². The maximum absolute atomic E-state index is 13.8. The molecule has 136 valence electrons. The monoisotopic (exact) mass is 432 g/mol. The van der Waals surface area contributed by atoms with Crippen LogP contribution in [0, 0.1) is 5.82 Å². The first-order valence-corrected chi connectivity index (χ1v) is 10.2. The molecule has 0 unspecified atom stereocenters. The van der Waals surface area contributed by atoms with E-state index in [0.717, 1.165) is 11.3 Å². The van der Waals surface area contributed by atoms with Crippen LogP contribution in [0.15, 0.2) is 46.7 Å². The number of rotatable bonds is 5. The van der Waals surface area contributed by atoms with E-state index in [2.05, 4.69) is 9.71 Å². The van der Waals surface area contributed by atoms with Crippen molar-refractivity contribution in [3.63, 3.8) is 0 Å². The van der Waals surface area contributed by atoms with Gasteiger partial charge in [0.25, 0.3) is 10.0 Å². The minimum absolute atomic E-state index is 0.0379. The number of nitrogens with one attached hydrogen (secondary N) is 1. The molecule has 0 amide bonds. The zero-order valence-corrected chi connectivity index (χ0v) is 16.3. The van der Waals surface area contributed by atoms with Gasteiger partial charge in [0, 0.05) is 16.0 Å². The molecule has 0 bridgehead atoms. The lowest BCUT2D eigenvalue weighted by molar-refractivity contribution is 0.386. The second kappa shape index (κ2) is 7.40. The van der Waals surface area contributed by atoms with Gasteiger partial charge in [-0.25, -0.2) is 17.8 Å². The van der Waals surface area contributed by atoms with Crippen molar-refractivity contribution in [3.05, 3.63) is 57.6 Å². The molecular formula is C16H11Cl2FN2O3S2. The van der Waals surface area contributed by atoms with E-state index in [0.29, 0.717) is 11.3 Å². The minimum Gasteiger partial charge on any atom is -0.494 e. The summed E-state index contributed by atoms with van der Waals surface area (Å²) in [6.07, 6.45) is 0. The van der Waals surface area contributed by atoms with Gasteiger partial charge in [0.05, 0.1) is 17.8 Å². The third kappa shape index (κ3) is 3.93. The summed E-state index contributed by atoms with van der Waals surface area (Å²) in [6.45, 7) is 0. The van der Waals surface area contributed by atoms with Gasteiger partial charge in [0.15, 0.2) is 16.7 Å². The number of aromatic nitrogens is 1. The predicted molar refractivity (Wildman–Crippen MR) is 101 cm³/mol. The molecule has 1 heterocycles. The van der Waals surface area contributed by atoms with Gasteiger partial charge in [0.2, 0.25) is 0 Å². The summed E-state index contributed by atoms with van der Waals surface area (Å²) in [5.41, 5.74) is 0.914. The van der Waals surface area contributed by atoms with Crippen molar-refractivity contribution >= 4 is 49.7 Å². The Balaban J connectivity index is 1.88. The summed E-state index contributed by atoms with van der Waals surface area (Å²) in [6, 6.07) is 8.50. The molecule has 0 spiro atoms. The highest BCUT2D eigenvalue weighted by atomic mass is 35.5. The molecule has 3 aromatic rings. The summed E-state index contributed by atoms with van der Waals surface area (Å²) in [5, 5.41) is 2.00. The first kappa shape index (κ1) is 18.9. The number of halogens is 3. The Kier molecular flexibility index (Phi) is 5.38. The van der Waals surface area contributed by atoms with Crippen molar-refractivity contribution in [2.45, 2.75) is 4.90 Å². The van der Waals surface area contributed by atoms with Gasteiger partial charge in [0.1, 0.15) is 4.90 Å². The topological polar surface area (TPSA) is 68.3 Å². The van der Waals surface area contributed by atoms with Crippen LogP contribution in [0.1, 0.15) is 0 Å². The molecular weight excluding hydrogens is 422 g/mol. The lowest BCUT2D eigenvalue weighted by Gasteiger charge is -2.07. The molecule has 0 saturated carbocycles. The average Bonchev–Trinajstić information content (AvgIpc) is 3.04. The highest BCUT2D eigenvalue weighted by Gasteiger charge is 2.20. The standard InChI is InChI=1S/C16H11Cl2FN2O3S2/c1-24-14-5-2-9(6-12(14)19)13-8-25-16(20-13)21-26(22,23)15-7-10(17)3-4-11(15)18/h2-8H,1H3,(H,20,21). The lowest BCUT2D eigenvalue weighted by atomic mass is 10.1. The molecule has 0 aliphatic rings. The SMILES string of the molecule is COc1ccc(-c2csc(NS(=O)(=O)c3cc(Cl)ccc3Cl)n2)cc1F. The minimum atomic E-state index is -3.97. The number of hydrogen-bond donors (Lipinski definition) is 1. The summed E-state index contributed by atoms with van der Waals surface area (Å²) in [7, 11) is -2.60. The van der Waals surface area contributed by atoms with E-state index < -0.39 is 15.8 Å². The van der Waals surface area contributed by atoms with E-state index >= 15 is 0 Å². The second-order valence-corrected chi connectivity index (χ2v) is 8.42. The fraction of sp³-hybridized carbons (Fsp3) is 0.0625. The van der Waals surface area contributed by atoms with Crippen molar-refractivity contribution < 1.29 is 17.5 Å². The average molecular weight is 433 g/mol. The van der Waals surface area contributed by atoms with Crippen molar-refractivity contribution in [2.75, 3.05) is 11.8 Å². The predicted octanol–water partition coefficient (Wildman–Crippen LogP) is 5.07. The number of hydrogen-bond acceptors (Lipinski definition) is 5. The quantitative estimate of drug-likeness (QED) is 0.611. The molecule has 0 saturated heterocycles. The molecule has 0 fully saturated rings. The summed E-state index contributed by atoms with van der Waals surface area (Å²) in [4.78, 5) is 4.03. The van der Waals surface area contributed by atoms with Gasteiger partial charge < -0.3 is 4.74 Å². The highest BCUT2D eigenvalue weighted by molar-refractivity contribution is 7.93. The molecule has 2 aromatic carbocycles. The van der Waals surface area contributed by atoms with Gasteiger partial charge in [-0.05, 0) is 36.4 Å². The van der Waals surface area contributed by atoms with Crippen LogP contribution < -0.4 is 9.46 Å². The van der Waals surface area contributed by atoms with E-state index in [1.165, 1.54) is 37.4 Å². The largest absolute Gasteiger partial charge is 0.494 e. The van der Waals surface area contributed by atoms with Gasteiger partial charge in [-0.2, -0.15) is 0 Å². The Morgan fingerprint density at radius 2 is 1.96 bits per heavy atom. The Hall–Kier alpha value is -1.87. The number of sulfonamides is 1. The van der Waals surface area contributed by atoms with Crippen LogP contribution in [-0.2, 0) is 10.0 Å². The zero-order valence-electron chi connectivity index (χ0n) is 13.2. The lowest BCUT2D eigenvalue weighted by Crippen LogP contribution is -2.13. The number of ether oxygens (including phenoxy) is 1. The number of anilines is 1. The van der Waals surface area contributed by atoms with Crippen LogP contribution in [-0.4, -0.2) is 20.5 Å². The van der Waals surface area contributed by atoms with Crippen molar-refractivity contribution in [2.24, 2.45) is 0 Å². The van der Waals surface area contributed by atoms with Gasteiger partial charge in [-0.3, -0.25) is 4.72 Å². The summed E-state index contributed by atoms with van der Waals surface area (Å²) < 4.78 is 46.0. The van der Waals surface area contributed by atoms with Crippen LogP contribution in [0.2, 0.25) is 10.0 Å². The van der Waals surface area contributed by atoms with Crippen LogP contribution >= 0.6 is 34.5 Å². The molecule has 0 atom stereocenters. The third-order valence-electron chi connectivity index (χ3n) is 3.36. The Labute approximate surface area is 163 Å². The third-order valence-corrected chi connectivity index (χ3v) is 6.30. The number of nitrogens with zero attached hydrogens (tertiary/aromatic N) is 1. The Bertz CT molecular complexity index is 1070. The number of benzene rings is 2. The van der Waals surface area contributed by atoms with Crippen molar-refractivity contribution in [1.29, 1.82) is 0 Å². The fourth-order valence-electron chi connectivity index (χ4n) is 2.13. The molecule has 1 aromatic heterocycles. The molecule has 1 N–H and O–H groups in total. The van der Waals surface area contributed by atoms with Gasteiger partial charge in [-0.1, -0.05) is 23.2 Å². The maximum atomic E-state index is 13.8. The maximum Gasteiger partial charge on any atom is 0.265 e. The smallest absolute Gasteiger partial charge is 0.265 e. The summed E-state index contributed by atoms with van der Waals surface area (Å²) in [5.74, 6) is -0.425. The second-order valence-electron chi connectivity index (χ2n) is 5.07. The molecule has 0 aliphatic heterocycles. The molecule has 10 heteroatoms. The fourth-order valence-corrected chi connectivity index (χ4v) is 4.87. The van der Waals surface area contributed by atoms with E-state index in [1.54, 1.807) is 11.4 Å². The van der Waals surface area contributed by atoms with Crippen LogP contribution in [0.4, 0.5) is 9.52 Å². The van der Waals surface area contributed by atoms with Gasteiger partial charge >= 0.3 is 0 Å². The van der Waals surface area contributed by atoms with Crippen LogP contribution in [0.3, 0.4) is 0 Å². The number of methoxy groups -OCH3 is 1. The van der Waals surface area contributed by atoms with Crippen molar-refractivity contribution in [1.82, 2.24) is 4.98 Å². The molecule has 0 aliphatic carbocycles. The number of thiazole rings is 1. The zero-order chi connectivity index (χ0) is 18.9. The van der Waals surface area contributed by atoms with Crippen LogP contribution in [0.5, 0.6) is 5.75 Å². The first-order valence-electron chi connectivity index (χ1n) is 7.07. The van der Waals surface area contributed by atoms with Crippen molar-refractivity contribution in [3.8, 4) is 17.0 Å².